The Balaban J connectivity index is 1.53. The molecular weight excluding hydrogens is 577 g/mol. The van der Waals surface area contributed by atoms with Gasteiger partial charge in [-0.2, -0.15) is 0 Å². The van der Waals surface area contributed by atoms with Gasteiger partial charge in [-0.25, -0.2) is 8.42 Å². The van der Waals surface area contributed by atoms with Gasteiger partial charge in [-0.3, -0.25) is 19.5 Å². The molecule has 0 aromatic heterocycles. The quantitative estimate of drug-likeness (QED) is 0.285. The molecule has 216 valence electrons. The molecule has 2 aliphatic rings. The van der Waals surface area contributed by atoms with Crippen LogP contribution in [0.1, 0.15) is 47.3 Å². The van der Waals surface area contributed by atoms with Crippen LogP contribution in [0.3, 0.4) is 0 Å². The molecule has 0 aliphatic carbocycles. The van der Waals surface area contributed by atoms with Crippen LogP contribution in [0.15, 0.2) is 89.5 Å². The van der Waals surface area contributed by atoms with Crippen molar-refractivity contribution in [3.63, 3.8) is 0 Å². The highest BCUT2D eigenvalue weighted by atomic mass is 35.5. The van der Waals surface area contributed by atoms with Crippen LogP contribution in [-0.2, 0) is 9.84 Å². The Morgan fingerprint density at radius 3 is 2.00 bits per heavy atom. The molecule has 2 saturated heterocycles. The van der Waals surface area contributed by atoms with Crippen molar-refractivity contribution in [1.82, 2.24) is 14.7 Å². The SMILES string of the molecule is CCN1CCCC1CN(C(=O)c1ccccc1)C(=C1CN(C(c2ccc(Cl)cc2)c2ccc(Cl)cc2)C1)S(C)(=O)=O. The van der Waals surface area contributed by atoms with E-state index in [1.807, 2.05) is 54.6 Å². The summed E-state index contributed by atoms with van der Waals surface area (Å²) < 4.78 is 26.9. The van der Waals surface area contributed by atoms with Gasteiger partial charge in [-0.05, 0) is 79.0 Å². The van der Waals surface area contributed by atoms with Gasteiger partial charge in [-0.15, -0.1) is 0 Å². The van der Waals surface area contributed by atoms with Crippen LogP contribution in [0.4, 0.5) is 0 Å². The molecule has 2 fully saturated rings. The summed E-state index contributed by atoms with van der Waals surface area (Å²) in [5, 5.41) is 1.43. The van der Waals surface area contributed by atoms with Crippen molar-refractivity contribution in [2.45, 2.75) is 31.8 Å². The van der Waals surface area contributed by atoms with Gasteiger partial charge in [0.15, 0.2) is 9.84 Å². The molecule has 6 nitrogen and oxygen atoms in total. The van der Waals surface area contributed by atoms with Gasteiger partial charge in [-0.1, -0.05) is 72.6 Å². The Morgan fingerprint density at radius 1 is 0.927 bits per heavy atom. The largest absolute Gasteiger partial charge is 0.299 e. The molecule has 0 saturated carbocycles. The first-order valence-corrected chi connectivity index (χ1v) is 16.6. The maximum atomic E-state index is 14.0. The number of carbonyl (C=O) groups is 1. The summed E-state index contributed by atoms with van der Waals surface area (Å²) in [4.78, 5) is 20.0. The molecule has 1 atom stereocenters. The van der Waals surface area contributed by atoms with Crippen molar-refractivity contribution in [1.29, 1.82) is 0 Å². The Kier molecular flexibility index (Phi) is 9.21. The Labute approximate surface area is 253 Å². The highest BCUT2D eigenvalue weighted by molar-refractivity contribution is 7.94. The second-order valence-electron chi connectivity index (χ2n) is 10.8. The van der Waals surface area contributed by atoms with Crippen molar-refractivity contribution in [3.8, 4) is 0 Å². The fourth-order valence-corrected chi connectivity index (χ4v) is 7.51. The monoisotopic (exact) mass is 611 g/mol. The molecule has 3 aromatic rings. The predicted molar refractivity (Wildman–Crippen MR) is 166 cm³/mol. The summed E-state index contributed by atoms with van der Waals surface area (Å²) in [6.45, 7) is 5.09. The molecule has 2 heterocycles. The van der Waals surface area contributed by atoms with Crippen molar-refractivity contribution in [3.05, 3.63) is 116 Å². The average Bonchev–Trinajstić information content (AvgIpc) is 3.39. The number of likely N-dealkylation sites (N-methyl/N-ethyl adjacent to an activating group) is 1. The first-order chi connectivity index (χ1) is 19.7. The zero-order valence-corrected chi connectivity index (χ0v) is 25.7. The smallest absolute Gasteiger partial charge is 0.258 e. The second-order valence-corrected chi connectivity index (χ2v) is 13.6. The van der Waals surface area contributed by atoms with Gasteiger partial charge >= 0.3 is 0 Å². The second kappa shape index (κ2) is 12.7. The number of amides is 1. The molecule has 5 rings (SSSR count). The minimum absolute atomic E-state index is 0.108. The topological polar surface area (TPSA) is 60.9 Å². The Morgan fingerprint density at radius 2 is 1.49 bits per heavy atom. The van der Waals surface area contributed by atoms with E-state index in [-0.39, 0.29) is 23.0 Å². The van der Waals surface area contributed by atoms with Gasteiger partial charge in [0.05, 0.1) is 6.04 Å². The highest BCUT2D eigenvalue weighted by Gasteiger charge is 2.39. The molecule has 2 aliphatic heterocycles. The van der Waals surface area contributed by atoms with Crippen LogP contribution in [0.25, 0.3) is 0 Å². The van der Waals surface area contributed by atoms with Crippen molar-refractivity contribution in [2.24, 2.45) is 0 Å². The fourth-order valence-electron chi connectivity index (χ4n) is 6.04. The van der Waals surface area contributed by atoms with E-state index < -0.39 is 9.84 Å². The van der Waals surface area contributed by atoms with Crippen LogP contribution in [0.5, 0.6) is 0 Å². The summed E-state index contributed by atoms with van der Waals surface area (Å²) in [7, 11) is -3.73. The van der Waals surface area contributed by atoms with E-state index >= 15 is 0 Å². The lowest BCUT2D eigenvalue weighted by Crippen LogP contribution is -2.49. The van der Waals surface area contributed by atoms with E-state index in [0.29, 0.717) is 35.2 Å². The lowest BCUT2D eigenvalue weighted by Gasteiger charge is -2.43. The van der Waals surface area contributed by atoms with E-state index in [1.54, 1.807) is 24.3 Å². The number of nitrogens with zero attached hydrogens (tertiary/aromatic N) is 3. The number of hydrogen-bond donors (Lipinski definition) is 0. The zero-order valence-electron chi connectivity index (χ0n) is 23.3. The van der Waals surface area contributed by atoms with Gasteiger partial charge < -0.3 is 0 Å². The van der Waals surface area contributed by atoms with Gasteiger partial charge in [0.2, 0.25) is 0 Å². The molecule has 1 unspecified atom stereocenters. The van der Waals surface area contributed by atoms with Crippen LogP contribution >= 0.6 is 23.2 Å². The van der Waals surface area contributed by atoms with Crippen LogP contribution in [0.2, 0.25) is 10.0 Å². The molecule has 9 heteroatoms. The molecule has 0 bridgehead atoms. The third-order valence-corrected chi connectivity index (χ3v) is 9.70. The summed E-state index contributed by atoms with van der Waals surface area (Å²) in [5.41, 5.74) is 3.30. The lowest BCUT2D eigenvalue weighted by atomic mass is 9.93. The number of hydrogen-bond acceptors (Lipinski definition) is 5. The first kappa shape index (κ1) is 29.8. The first-order valence-electron chi connectivity index (χ1n) is 13.9. The molecule has 0 radical (unpaired) electrons. The number of likely N-dealkylation sites (tertiary alicyclic amines) is 2. The molecular formula is C32H35Cl2N3O3S. The number of rotatable bonds is 9. The third kappa shape index (κ3) is 6.71. The third-order valence-electron chi connectivity index (χ3n) is 7.99. The van der Waals surface area contributed by atoms with Crippen molar-refractivity contribution in [2.75, 3.05) is 39.0 Å². The Bertz CT molecular complexity index is 1460. The fraction of sp³-hybridized carbons (Fsp3) is 0.344. The number of sulfone groups is 1. The molecule has 41 heavy (non-hydrogen) atoms. The summed E-state index contributed by atoms with van der Waals surface area (Å²) >= 11 is 12.4. The zero-order chi connectivity index (χ0) is 29.1. The number of benzene rings is 3. The van der Waals surface area contributed by atoms with Crippen molar-refractivity contribution < 1.29 is 13.2 Å². The van der Waals surface area contributed by atoms with Crippen LogP contribution in [-0.4, -0.2) is 74.0 Å². The van der Waals surface area contributed by atoms with Crippen LogP contribution < -0.4 is 0 Å². The molecule has 0 N–H and O–H groups in total. The molecule has 1 amide bonds. The van der Waals surface area contributed by atoms with Crippen molar-refractivity contribution >= 4 is 38.9 Å². The molecule has 3 aromatic carbocycles. The van der Waals surface area contributed by atoms with Crippen LogP contribution in [0, 0.1) is 0 Å². The maximum Gasteiger partial charge on any atom is 0.258 e. The van der Waals surface area contributed by atoms with E-state index in [9.17, 15) is 13.2 Å². The standard InChI is InChI=1S/C32H35Cl2N3O3S/c1-3-35-19-7-10-29(35)22-37(31(38)25-8-5-4-6-9-25)32(41(2,39)40)26-20-36(21-26)30(23-11-15-27(33)16-12-23)24-13-17-28(34)18-14-24/h4-6,8-9,11-18,29-30H,3,7,10,19-22H2,1-2H3. The number of halogens is 2. The minimum Gasteiger partial charge on any atom is -0.299 e. The molecule has 0 spiro atoms. The maximum absolute atomic E-state index is 14.0. The predicted octanol–water partition coefficient (Wildman–Crippen LogP) is 6.28. The normalized spacial score (nSPS) is 18.0. The summed E-state index contributed by atoms with van der Waals surface area (Å²) in [6, 6.07) is 24.3. The average molecular weight is 613 g/mol. The highest BCUT2D eigenvalue weighted by Crippen LogP contribution is 2.38. The van der Waals surface area contributed by atoms with Gasteiger partial charge in [0, 0.05) is 47.5 Å². The summed E-state index contributed by atoms with van der Waals surface area (Å²) in [5.74, 6) is -0.285. The lowest BCUT2D eigenvalue weighted by molar-refractivity contribution is 0.0770. The van der Waals surface area contributed by atoms with E-state index in [0.717, 1.165) is 42.6 Å². The van der Waals surface area contributed by atoms with Gasteiger partial charge in [0.25, 0.3) is 5.91 Å². The van der Waals surface area contributed by atoms with E-state index in [4.69, 9.17) is 23.2 Å². The van der Waals surface area contributed by atoms with E-state index in [1.165, 1.54) is 11.2 Å². The van der Waals surface area contributed by atoms with E-state index in [2.05, 4.69) is 16.7 Å². The Hall–Kier alpha value is -2.68. The number of carbonyl (C=O) groups excluding carboxylic acids is 1. The minimum atomic E-state index is -3.73. The van der Waals surface area contributed by atoms with Gasteiger partial charge in [0.1, 0.15) is 5.03 Å². The summed E-state index contributed by atoms with van der Waals surface area (Å²) in [6.07, 6.45) is 3.18.